The van der Waals surface area contributed by atoms with Crippen molar-refractivity contribution in [2.45, 2.75) is 6.42 Å². The molecule has 0 aliphatic carbocycles. The summed E-state index contributed by atoms with van der Waals surface area (Å²) in [5, 5.41) is 3.70. The number of aromatic nitrogens is 3. The second-order valence-electron chi connectivity index (χ2n) is 5.77. The average Bonchev–Trinajstić information content (AvgIpc) is 2.61. The fraction of sp³-hybridized carbons (Fsp3) is 0.176. The van der Waals surface area contributed by atoms with Gasteiger partial charge in [-0.25, -0.2) is 9.78 Å². The number of aryl methyl sites for hydroxylation is 1. The number of carbonyl (C=O) groups excluding carboxylic acids is 1. The van der Waals surface area contributed by atoms with Crippen LogP contribution in [0.5, 0.6) is 0 Å². The van der Waals surface area contributed by atoms with Crippen molar-refractivity contribution in [1.29, 1.82) is 0 Å². The van der Waals surface area contributed by atoms with Crippen LogP contribution in [0.1, 0.15) is 5.56 Å². The average molecular weight is 393 g/mol. The molecule has 1 N–H and O–H groups in total. The first-order chi connectivity index (χ1) is 12.3. The zero-order valence-electron chi connectivity index (χ0n) is 13.9. The van der Waals surface area contributed by atoms with E-state index in [9.17, 15) is 14.4 Å². The summed E-state index contributed by atoms with van der Waals surface area (Å²) in [6.45, 7) is 0. The highest BCUT2D eigenvalue weighted by atomic mass is 35.5. The van der Waals surface area contributed by atoms with E-state index in [0.29, 0.717) is 21.3 Å². The van der Waals surface area contributed by atoms with Gasteiger partial charge in [0.05, 0.1) is 33.7 Å². The van der Waals surface area contributed by atoms with Crippen molar-refractivity contribution in [2.24, 2.45) is 14.1 Å². The van der Waals surface area contributed by atoms with Crippen LogP contribution < -0.4 is 16.6 Å². The van der Waals surface area contributed by atoms with Crippen molar-refractivity contribution >= 4 is 45.8 Å². The van der Waals surface area contributed by atoms with E-state index in [1.807, 2.05) is 0 Å². The van der Waals surface area contributed by atoms with Crippen molar-refractivity contribution < 1.29 is 4.79 Å². The van der Waals surface area contributed by atoms with Gasteiger partial charge >= 0.3 is 5.69 Å². The first-order valence-corrected chi connectivity index (χ1v) is 8.33. The van der Waals surface area contributed by atoms with Crippen LogP contribution in [0.15, 0.2) is 40.1 Å². The topological polar surface area (TPSA) is 86.0 Å². The smallest absolute Gasteiger partial charge is 0.324 e. The molecule has 0 unspecified atom stereocenters. The Morgan fingerprint density at radius 1 is 1.12 bits per heavy atom. The number of anilines is 1. The molecule has 0 fully saturated rings. The predicted molar refractivity (Wildman–Crippen MR) is 101 cm³/mol. The fourth-order valence-corrected chi connectivity index (χ4v) is 2.89. The molecule has 0 spiro atoms. The minimum absolute atomic E-state index is 0.0835. The van der Waals surface area contributed by atoms with E-state index in [1.165, 1.54) is 30.9 Å². The quantitative estimate of drug-likeness (QED) is 0.739. The van der Waals surface area contributed by atoms with Crippen molar-refractivity contribution in [3.8, 4) is 0 Å². The number of nitrogens with one attached hydrogen (secondary N) is 1. The maximum absolute atomic E-state index is 12.3. The molecule has 26 heavy (non-hydrogen) atoms. The van der Waals surface area contributed by atoms with Crippen LogP contribution in [-0.4, -0.2) is 20.0 Å². The van der Waals surface area contributed by atoms with E-state index < -0.39 is 11.2 Å². The fourth-order valence-electron chi connectivity index (χ4n) is 2.57. The van der Waals surface area contributed by atoms with Gasteiger partial charge < -0.3 is 5.32 Å². The number of carbonyl (C=O) groups is 1. The lowest BCUT2D eigenvalue weighted by molar-refractivity contribution is -0.115. The van der Waals surface area contributed by atoms with Gasteiger partial charge in [-0.3, -0.25) is 18.7 Å². The Balaban J connectivity index is 1.89. The predicted octanol–water partition coefficient (Wildman–Crippen LogP) is 2.12. The molecule has 0 aliphatic heterocycles. The summed E-state index contributed by atoms with van der Waals surface area (Å²) in [5.74, 6) is -0.300. The Hall–Kier alpha value is -2.64. The number of amides is 1. The highest BCUT2D eigenvalue weighted by Gasteiger charge is 2.12. The highest BCUT2D eigenvalue weighted by Crippen LogP contribution is 2.23. The molecule has 0 aliphatic rings. The number of hydrogen-bond donors (Lipinski definition) is 1. The van der Waals surface area contributed by atoms with Crippen molar-refractivity contribution in [1.82, 2.24) is 14.1 Å². The van der Waals surface area contributed by atoms with Crippen LogP contribution in [-0.2, 0) is 25.3 Å². The molecule has 0 bridgehead atoms. The van der Waals surface area contributed by atoms with Gasteiger partial charge in [-0.2, -0.15) is 0 Å². The van der Waals surface area contributed by atoms with Gasteiger partial charge in [-0.05, 0) is 23.8 Å². The van der Waals surface area contributed by atoms with Crippen molar-refractivity contribution in [2.75, 3.05) is 5.32 Å². The lowest BCUT2D eigenvalue weighted by atomic mass is 10.1. The van der Waals surface area contributed by atoms with Crippen LogP contribution in [0.2, 0.25) is 10.0 Å². The van der Waals surface area contributed by atoms with Crippen molar-refractivity contribution in [3.05, 3.63) is 66.9 Å². The normalized spacial score (nSPS) is 10.9. The van der Waals surface area contributed by atoms with Crippen molar-refractivity contribution in [3.63, 3.8) is 0 Å². The molecule has 2 heterocycles. The van der Waals surface area contributed by atoms with Crippen LogP contribution in [0.25, 0.3) is 11.0 Å². The monoisotopic (exact) mass is 392 g/mol. The van der Waals surface area contributed by atoms with E-state index in [-0.39, 0.29) is 23.4 Å². The maximum Gasteiger partial charge on any atom is 0.332 e. The van der Waals surface area contributed by atoms with Crippen LogP contribution in [0, 0.1) is 0 Å². The zero-order valence-corrected chi connectivity index (χ0v) is 15.4. The summed E-state index contributed by atoms with van der Waals surface area (Å²) < 4.78 is 2.27. The standard InChI is InChI=1S/C17H14Cl2N4O3/c1-22-15-11(16(25)23(2)17(22)26)7-10(8-20-15)21-14(24)6-9-3-4-12(18)13(19)5-9/h3-5,7-8H,6H2,1-2H3,(H,21,24). The number of rotatable bonds is 3. The van der Waals surface area contributed by atoms with Crippen LogP contribution >= 0.6 is 23.2 Å². The molecule has 9 heteroatoms. The number of hydrogen-bond acceptors (Lipinski definition) is 4. The first-order valence-electron chi connectivity index (χ1n) is 7.57. The molecule has 0 atom stereocenters. The third-order valence-electron chi connectivity index (χ3n) is 3.93. The summed E-state index contributed by atoms with van der Waals surface area (Å²) >= 11 is 11.8. The van der Waals surface area contributed by atoms with Gasteiger partial charge in [0.1, 0.15) is 5.65 Å². The van der Waals surface area contributed by atoms with Crippen LogP contribution in [0.3, 0.4) is 0 Å². The highest BCUT2D eigenvalue weighted by molar-refractivity contribution is 6.42. The molecule has 7 nitrogen and oxygen atoms in total. The van der Waals surface area contributed by atoms with Gasteiger partial charge in [-0.1, -0.05) is 29.3 Å². The SMILES string of the molecule is Cn1c(=O)c2cc(NC(=O)Cc3ccc(Cl)c(Cl)c3)cnc2n(C)c1=O. The molecular weight excluding hydrogens is 379 g/mol. The Morgan fingerprint density at radius 3 is 2.54 bits per heavy atom. The summed E-state index contributed by atoms with van der Waals surface area (Å²) in [7, 11) is 2.92. The Kier molecular flexibility index (Phi) is 4.84. The largest absolute Gasteiger partial charge is 0.332 e. The molecular formula is C17H14Cl2N4O3. The maximum atomic E-state index is 12.3. The number of nitrogens with zero attached hydrogens (tertiary/aromatic N) is 3. The molecule has 1 amide bonds. The molecule has 2 aromatic heterocycles. The van der Waals surface area contributed by atoms with E-state index in [4.69, 9.17) is 23.2 Å². The van der Waals surface area contributed by atoms with E-state index in [0.717, 1.165) is 4.57 Å². The second-order valence-corrected chi connectivity index (χ2v) is 6.59. The number of fused-ring (bicyclic) bond motifs is 1. The number of pyridine rings is 1. The van der Waals surface area contributed by atoms with Gasteiger partial charge in [0.15, 0.2) is 0 Å². The molecule has 3 rings (SSSR count). The minimum atomic E-state index is -0.476. The van der Waals surface area contributed by atoms with Gasteiger partial charge in [-0.15, -0.1) is 0 Å². The molecule has 3 aromatic rings. The van der Waals surface area contributed by atoms with Gasteiger partial charge in [0.25, 0.3) is 5.56 Å². The van der Waals surface area contributed by atoms with Gasteiger partial charge in [0, 0.05) is 14.1 Å². The molecule has 1 aromatic carbocycles. The van der Waals surface area contributed by atoms with E-state index in [1.54, 1.807) is 18.2 Å². The Bertz CT molecular complexity index is 1150. The Morgan fingerprint density at radius 2 is 1.85 bits per heavy atom. The summed E-state index contributed by atoms with van der Waals surface area (Å²) in [4.78, 5) is 40.5. The minimum Gasteiger partial charge on any atom is -0.324 e. The van der Waals surface area contributed by atoms with Gasteiger partial charge in [0.2, 0.25) is 5.91 Å². The summed E-state index contributed by atoms with van der Waals surface area (Å²) in [6.07, 6.45) is 1.48. The molecule has 134 valence electrons. The number of benzene rings is 1. The van der Waals surface area contributed by atoms with Crippen LogP contribution in [0.4, 0.5) is 5.69 Å². The summed E-state index contributed by atoms with van der Waals surface area (Å²) in [5.41, 5.74) is 0.366. The number of halogens is 2. The lowest BCUT2D eigenvalue weighted by Gasteiger charge is -2.09. The third-order valence-corrected chi connectivity index (χ3v) is 4.66. The molecule has 0 saturated carbocycles. The lowest BCUT2D eigenvalue weighted by Crippen LogP contribution is -2.37. The second kappa shape index (κ2) is 6.93. The molecule has 0 saturated heterocycles. The first kappa shape index (κ1) is 18.2. The molecule has 0 radical (unpaired) electrons. The van der Waals surface area contributed by atoms with E-state index >= 15 is 0 Å². The summed E-state index contributed by atoms with van der Waals surface area (Å²) in [6, 6.07) is 6.44. The zero-order chi connectivity index (χ0) is 19.0. The van der Waals surface area contributed by atoms with E-state index in [2.05, 4.69) is 10.3 Å². The Labute approximate surface area is 157 Å². The third kappa shape index (κ3) is 3.36.